The molecule has 0 aliphatic carbocycles. The summed E-state index contributed by atoms with van der Waals surface area (Å²) in [4.78, 5) is -0.177. The second-order valence-corrected chi connectivity index (χ2v) is 7.05. The summed E-state index contributed by atoms with van der Waals surface area (Å²) >= 11 is 0. The predicted octanol–water partition coefficient (Wildman–Crippen LogP) is 1.54. The van der Waals surface area contributed by atoms with Crippen LogP contribution in [0.5, 0.6) is 5.75 Å². The Hall–Kier alpha value is -1.18. The van der Waals surface area contributed by atoms with E-state index in [1.807, 2.05) is 13.8 Å². The summed E-state index contributed by atoms with van der Waals surface area (Å²) in [6, 6.07) is 1.80. The molecule has 7 heteroatoms. The molecule has 1 aromatic rings. The van der Waals surface area contributed by atoms with Crippen molar-refractivity contribution in [3.05, 3.63) is 23.5 Å². The Labute approximate surface area is 118 Å². The van der Waals surface area contributed by atoms with Crippen molar-refractivity contribution >= 4 is 10.0 Å². The zero-order valence-electron chi connectivity index (χ0n) is 11.5. The van der Waals surface area contributed by atoms with Crippen molar-refractivity contribution in [3.63, 3.8) is 0 Å². The number of halogens is 1. The van der Waals surface area contributed by atoms with Gasteiger partial charge in [0.15, 0.2) is 0 Å². The highest BCUT2D eigenvalue weighted by atomic mass is 32.2. The first kappa shape index (κ1) is 15.2. The second kappa shape index (κ2) is 5.67. The maximum absolute atomic E-state index is 13.7. The molecule has 1 aliphatic rings. The summed E-state index contributed by atoms with van der Waals surface area (Å²) in [7, 11) is -3.81. The lowest BCUT2D eigenvalue weighted by molar-refractivity contribution is 0.260. The quantitative estimate of drug-likeness (QED) is 0.884. The van der Waals surface area contributed by atoms with E-state index in [1.165, 1.54) is 6.07 Å². The molecule has 5 nitrogen and oxygen atoms in total. The fourth-order valence-electron chi connectivity index (χ4n) is 2.02. The van der Waals surface area contributed by atoms with Gasteiger partial charge in [0.1, 0.15) is 16.5 Å². The molecular weight excluding hydrogens is 283 g/mol. The van der Waals surface area contributed by atoms with Gasteiger partial charge >= 0.3 is 0 Å². The Balaban J connectivity index is 2.46. The maximum Gasteiger partial charge on any atom is 0.244 e. The molecule has 1 atom stereocenters. The molecule has 1 aromatic carbocycles. The lowest BCUT2D eigenvalue weighted by atomic mass is 10.0. The van der Waals surface area contributed by atoms with Gasteiger partial charge in [0.05, 0.1) is 6.61 Å². The van der Waals surface area contributed by atoms with Gasteiger partial charge in [-0.25, -0.2) is 17.5 Å². The van der Waals surface area contributed by atoms with Crippen LogP contribution in [0, 0.1) is 11.7 Å². The van der Waals surface area contributed by atoms with E-state index in [9.17, 15) is 12.8 Å². The molecule has 0 radical (unpaired) electrons. The summed E-state index contributed by atoms with van der Waals surface area (Å²) < 4.78 is 46.1. The van der Waals surface area contributed by atoms with Gasteiger partial charge in [-0.1, -0.05) is 13.8 Å². The van der Waals surface area contributed by atoms with Crippen molar-refractivity contribution < 1.29 is 17.5 Å². The van der Waals surface area contributed by atoms with Gasteiger partial charge in [0.2, 0.25) is 10.0 Å². The molecule has 0 bridgehead atoms. The van der Waals surface area contributed by atoms with E-state index in [1.54, 1.807) is 0 Å². The standard InChI is InChI=1S/C13H19FN2O3S/c1-8(2)7-16-20(17,18)12-6-9(14)5-10-11(15)3-4-19-13(10)12/h5-6,8,11,16H,3-4,7,15H2,1-2H3. The van der Waals surface area contributed by atoms with Gasteiger partial charge in [0, 0.05) is 24.6 Å². The number of nitrogens with two attached hydrogens (primary N) is 1. The molecule has 3 N–H and O–H groups in total. The molecule has 1 heterocycles. The normalized spacial score (nSPS) is 18.8. The van der Waals surface area contributed by atoms with E-state index in [2.05, 4.69) is 4.72 Å². The highest BCUT2D eigenvalue weighted by Gasteiger charge is 2.28. The van der Waals surface area contributed by atoms with Crippen LogP contribution in [0.2, 0.25) is 0 Å². The van der Waals surface area contributed by atoms with Crippen LogP contribution >= 0.6 is 0 Å². The lowest BCUT2D eigenvalue weighted by Gasteiger charge is -2.25. The molecule has 2 rings (SSSR count). The average molecular weight is 302 g/mol. The van der Waals surface area contributed by atoms with Crippen LogP contribution < -0.4 is 15.2 Å². The summed E-state index contributed by atoms with van der Waals surface area (Å²) in [5, 5.41) is 0. The number of nitrogens with one attached hydrogen (secondary N) is 1. The molecule has 1 aliphatic heterocycles. The molecule has 20 heavy (non-hydrogen) atoms. The van der Waals surface area contributed by atoms with Crippen molar-refractivity contribution in [2.45, 2.75) is 31.2 Å². The summed E-state index contributed by atoms with van der Waals surface area (Å²) in [5.41, 5.74) is 6.29. The molecule has 0 saturated carbocycles. The minimum atomic E-state index is -3.81. The molecular formula is C13H19FN2O3S. The minimum Gasteiger partial charge on any atom is -0.492 e. The second-order valence-electron chi connectivity index (χ2n) is 5.31. The first-order valence-electron chi connectivity index (χ1n) is 6.52. The number of ether oxygens (including phenoxy) is 1. The fraction of sp³-hybridized carbons (Fsp3) is 0.538. The Bertz CT molecular complexity index is 602. The summed E-state index contributed by atoms with van der Waals surface area (Å²) in [5.74, 6) is -0.312. The van der Waals surface area contributed by atoms with Crippen LogP contribution in [0.3, 0.4) is 0 Å². The van der Waals surface area contributed by atoms with E-state index in [0.29, 0.717) is 18.6 Å². The fourth-order valence-corrected chi connectivity index (χ4v) is 3.41. The molecule has 0 amide bonds. The lowest BCUT2D eigenvalue weighted by Crippen LogP contribution is -2.30. The van der Waals surface area contributed by atoms with Crippen molar-refractivity contribution in [3.8, 4) is 5.75 Å². The van der Waals surface area contributed by atoms with E-state index in [0.717, 1.165) is 6.07 Å². The van der Waals surface area contributed by atoms with Gasteiger partial charge in [0.25, 0.3) is 0 Å². The molecule has 0 spiro atoms. The monoisotopic (exact) mass is 302 g/mol. The van der Waals surface area contributed by atoms with Gasteiger partial charge in [-0.2, -0.15) is 0 Å². The zero-order valence-corrected chi connectivity index (χ0v) is 12.3. The number of hydrogen-bond donors (Lipinski definition) is 2. The average Bonchev–Trinajstić information content (AvgIpc) is 2.37. The third kappa shape index (κ3) is 3.11. The maximum atomic E-state index is 13.7. The summed E-state index contributed by atoms with van der Waals surface area (Å²) in [6.45, 7) is 4.37. The molecule has 0 fully saturated rings. The number of fused-ring (bicyclic) bond motifs is 1. The Morgan fingerprint density at radius 3 is 2.85 bits per heavy atom. The van der Waals surface area contributed by atoms with Crippen molar-refractivity contribution in [1.82, 2.24) is 4.72 Å². The third-order valence-electron chi connectivity index (χ3n) is 3.09. The van der Waals surface area contributed by atoms with Crippen LogP contribution in [0.1, 0.15) is 31.9 Å². The van der Waals surface area contributed by atoms with Crippen molar-refractivity contribution in [1.29, 1.82) is 0 Å². The van der Waals surface area contributed by atoms with E-state index in [-0.39, 0.29) is 23.1 Å². The van der Waals surface area contributed by atoms with Gasteiger partial charge in [-0.15, -0.1) is 0 Å². The number of rotatable bonds is 4. The van der Waals surface area contributed by atoms with Crippen LogP contribution in [-0.2, 0) is 10.0 Å². The molecule has 0 saturated heterocycles. The van der Waals surface area contributed by atoms with Crippen molar-refractivity contribution in [2.24, 2.45) is 11.7 Å². The largest absolute Gasteiger partial charge is 0.492 e. The first-order chi connectivity index (χ1) is 9.31. The molecule has 112 valence electrons. The Kier molecular flexibility index (Phi) is 4.31. The Morgan fingerprint density at radius 2 is 2.20 bits per heavy atom. The van der Waals surface area contributed by atoms with Gasteiger partial charge in [-0.05, 0) is 18.1 Å². The van der Waals surface area contributed by atoms with E-state index in [4.69, 9.17) is 10.5 Å². The number of hydrogen-bond acceptors (Lipinski definition) is 4. The smallest absolute Gasteiger partial charge is 0.244 e. The van der Waals surface area contributed by atoms with Crippen molar-refractivity contribution in [2.75, 3.05) is 13.2 Å². The topological polar surface area (TPSA) is 81.4 Å². The predicted molar refractivity (Wildman–Crippen MR) is 73.5 cm³/mol. The third-order valence-corrected chi connectivity index (χ3v) is 4.52. The molecule has 1 unspecified atom stereocenters. The van der Waals surface area contributed by atoms with Crippen LogP contribution in [0.4, 0.5) is 4.39 Å². The Morgan fingerprint density at radius 1 is 1.50 bits per heavy atom. The van der Waals surface area contributed by atoms with Gasteiger partial charge in [-0.3, -0.25) is 0 Å². The number of sulfonamides is 1. The SMILES string of the molecule is CC(C)CNS(=O)(=O)c1cc(F)cc2c1OCCC2N. The minimum absolute atomic E-state index is 0.150. The van der Waals surface area contributed by atoms with Crippen LogP contribution in [-0.4, -0.2) is 21.6 Å². The molecule has 0 aromatic heterocycles. The van der Waals surface area contributed by atoms with Crippen LogP contribution in [0.15, 0.2) is 17.0 Å². The summed E-state index contributed by atoms with van der Waals surface area (Å²) in [6.07, 6.45) is 0.537. The van der Waals surface area contributed by atoms with Crippen LogP contribution in [0.25, 0.3) is 0 Å². The highest BCUT2D eigenvalue weighted by molar-refractivity contribution is 7.89. The number of benzene rings is 1. The van der Waals surface area contributed by atoms with Gasteiger partial charge < -0.3 is 10.5 Å². The zero-order chi connectivity index (χ0) is 14.9. The first-order valence-corrected chi connectivity index (χ1v) is 8.01. The van der Waals surface area contributed by atoms with E-state index >= 15 is 0 Å². The highest BCUT2D eigenvalue weighted by Crippen LogP contribution is 2.36. The van der Waals surface area contributed by atoms with E-state index < -0.39 is 21.9 Å².